The molecule has 5 nitrogen and oxygen atoms in total. The topological polar surface area (TPSA) is 60.5 Å². The molecule has 0 saturated heterocycles. The summed E-state index contributed by atoms with van der Waals surface area (Å²) in [7, 11) is 1.73. The molecule has 2 aromatic carbocycles. The molecule has 1 fully saturated rings. The van der Waals surface area contributed by atoms with Crippen LogP contribution >= 0.6 is 0 Å². The summed E-state index contributed by atoms with van der Waals surface area (Å²) in [5.74, 6) is 0.673. The van der Waals surface area contributed by atoms with Crippen molar-refractivity contribution in [3.63, 3.8) is 0 Å². The number of benzene rings is 2. The van der Waals surface area contributed by atoms with E-state index in [1.165, 1.54) is 29.4 Å². The highest BCUT2D eigenvalue weighted by Gasteiger charge is 2.30. The van der Waals surface area contributed by atoms with Gasteiger partial charge in [-0.05, 0) is 30.5 Å². The summed E-state index contributed by atoms with van der Waals surface area (Å²) < 4.78 is 7.71. The number of primary amides is 1. The number of fused-ring (bicyclic) bond motifs is 1. The van der Waals surface area contributed by atoms with Gasteiger partial charge >= 0.3 is 0 Å². The van der Waals surface area contributed by atoms with E-state index in [9.17, 15) is 4.79 Å². The Labute approximate surface area is 165 Å². The van der Waals surface area contributed by atoms with Crippen molar-refractivity contribution in [2.45, 2.75) is 44.9 Å². The number of nitrogens with two attached hydrogens (primary N) is 1. The quantitative estimate of drug-likeness (QED) is 0.619. The zero-order valence-electron chi connectivity index (χ0n) is 16.3. The van der Waals surface area contributed by atoms with Crippen LogP contribution in [0, 0.1) is 0 Å². The molecule has 1 amide bonds. The van der Waals surface area contributed by atoms with Crippen molar-refractivity contribution >= 4 is 16.8 Å². The highest BCUT2D eigenvalue weighted by Crippen LogP contribution is 2.33. The fourth-order valence-corrected chi connectivity index (χ4v) is 3.89. The Kier molecular flexibility index (Phi) is 5.35. The average Bonchev–Trinajstić information content (AvgIpc) is 3.50. The lowest BCUT2D eigenvalue weighted by atomic mass is 10.1. The second-order valence-corrected chi connectivity index (χ2v) is 7.53. The van der Waals surface area contributed by atoms with Crippen molar-refractivity contribution in [2.24, 2.45) is 5.73 Å². The van der Waals surface area contributed by atoms with Crippen LogP contribution in [0.4, 0.5) is 0 Å². The van der Waals surface area contributed by atoms with Gasteiger partial charge in [-0.25, -0.2) is 0 Å². The van der Waals surface area contributed by atoms with Crippen molar-refractivity contribution in [3.8, 4) is 5.75 Å². The smallest absolute Gasteiger partial charge is 0.219 e. The molecular formula is C23H27N3O2. The number of rotatable bonds is 9. The number of ether oxygens (including phenoxy) is 1. The largest absolute Gasteiger partial charge is 0.496 e. The summed E-state index contributed by atoms with van der Waals surface area (Å²) >= 11 is 0. The molecule has 1 aliphatic carbocycles. The molecule has 0 aliphatic heterocycles. The summed E-state index contributed by atoms with van der Waals surface area (Å²) in [6.07, 6.45) is 5.03. The zero-order chi connectivity index (χ0) is 19.5. The van der Waals surface area contributed by atoms with E-state index >= 15 is 0 Å². The first-order valence-corrected chi connectivity index (χ1v) is 9.86. The fraction of sp³-hybridized carbons (Fsp3) is 0.348. The van der Waals surface area contributed by atoms with Gasteiger partial charge in [0.25, 0.3) is 0 Å². The molecule has 1 aliphatic rings. The number of nitrogens with zero attached hydrogens (tertiary/aromatic N) is 2. The second kappa shape index (κ2) is 8.07. The molecule has 0 atom stereocenters. The molecule has 1 aromatic heterocycles. The average molecular weight is 377 g/mol. The number of aryl methyl sites for hydroxylation is 1. The molecule has 0 bridgehead atoms. The number of carbonyl (C=O) groups is 1. The van der Waals surface area contributed by atoms with Gasteiger partial charge in [-0.3, -0.25) is 9.69 Å². The minimum absolute atomic E-state index is 0.268. The molecule has 0 radical (unpaired) electrons. The van der Waals surface area contributed by atoms with Crippen molar-refractivity contribution in [2.75, 3.05) is 7.11 Å². The SMILES string of the molecule is COc1ccccc1CN(Cc1cn(CCC(N)=O)c2ccccc12)C1CC1. The van der Waals surface area contributed by atoms with Crippen LogP contribution in [-0.4, -0.2) is 28.5 Å². The number of amides is 1. The van der Waals surface area contributed by atoms with Crippen LogP contribution in [0.15, 0.2) is 54.7 Å². The minimum Gasteiger partial charge on any atom is -0.496 e. The third-order valence-electron chi connectivity index (χ3n) is 5.47. The Morgan fingerprint density at radius 3 is 2.57 bits per heavy atom. The number of aromatic nitrogens is 1. The maximum atomic E-state index is 11.2. The molecule has 5 heteroatoms. The Balaban J connectivity index is 1.60. The Morgan fingerprint density at radius 2 is 1.82 bits per heavy atom. The molecule has 4 rings (SSSR count). The van der Waals surface area contributed by atoms with E-state index in [2.05, 4.69) is 46.0 Å². The lowest BCUT2D eigenvalue weighted by Gasteiger charge is -2.23. The van der Waals surface area contributed by atoms with E-state index in [1.807, 2.05) is 18.2 Å². The number of hydrogen-bond donors (Lipinski definition) is 1. The van der Waals surface area contributed by atoms with Gasteiger partial charge in [-0.15, -0.1) is 0 Å². The van der Waals surface area contributed by atoms with Gasteiger partial charge in [-0.1, -0.05) is 36.4 Å². The first-order chi connectivity index (χ1) is 13.7. The first-order valence-electron chi connectivity index (χ1n) is 9.86. The van der Waals surface area contributed by atoms with Crippen LogP contribution in [0.25, 0.3) is 10.9 Å². The highest BCUT2D eigenvalue weighted by atomic mass is 16.5. The van der Waals surface area contributed by atoms with Crippen molar-refractivity contribution in [1.82, 2.24) is 9.47 Å². The Morgan fingerprint density at radius 1 is 1.11 bits per heavy atom. The molecular weight excluding hydrogens is 350 g/mol. The monoisotopic (exact) mass is 377 g/mol. The summed E-state index contributed by atoms with van der Waals surface area (Å²) in [4.78, 5) is 13.8. The van der Waals surface area contributed by atoms with Crippen molar-refractivity contribution in [1.29, 1.82) is 0 Å². The van der Waals surface area contributed by atoms with Crippen LogP contribution in [0.1, 0.15) is 30.4 Å². The van der Waals surface area contributed by atoms with Crippen LogP contribution in [-0.2, 0) is 24.4 Å². The van der Waals surface area contributed by atoms with Gasteiger partial charge in [-0.2, -0.15) is 0 Å². The number of carbonyl (C=O) groups excluding carboxylic acids is 1. The number of methoxy groups -OCH3 is 1. The Bertz CT molecular complexity index is 975. The molecule has 3 aromatic rings. The molecule has 146 valence electrons. The summed E-state index contributed by atoms with van der Waals surface area (Å²) in [5, 5.41) is 1.25. The van der Waals surface area contributed by atoms with Crippen molar-refractivity contribution < 1.29 is 9.53 Å². The van der Waals surface area contributed by atoms with Gasteiger partial charge in [0.2, 0.25) is 5.91 Å². The van der Waals surface area contributed by atoms with Gasteiger partial charge in [0, 0.05) is 54.8 Å². The van der Waals surface area contributed by atoms with Gasteiger partial charge < -0.3 is 15.0 Å². The van der Waals surface area contributed by atoms with Gasteiger partial charge in [0.05, 0.1) is 7.11 Å². The summed E-state index contributed by atoms with van der Waals surface area (Å²) in [6, 6.07) is 17.3. The predicted molar refractivity (Wildman–Crippen MR) is 111 cm³/mol. The molecule has 1 saturated carbocycles. The second-order valence-electron chi connectivity index (χ2n) is 7.53. The third kappa shape index (κ3) is 4.04. The Hall–Kier alpha value is -2.79. The lowest BCUT2D eigenvalue weighted by molar-refractivity contribution is -0.118. The number of para-hydroxylation sites is 2. The summed E-state index contributed by atoms with van der Waals surface area (Å²) in [5.41, 5.74) is 9.03. The fourth-order valence-electron chi connectivity index (χ4n) is 3.89. The third-order valence-corrected chi connectivity index (χ3v) is 5.47. The van der Waals surface area contributed by atoms with Gasteiger partial charge in [0.1, 0.15) is 5.75 Å². The van der Waals surface area contributed by atoms with E-state index in [0.717, 1.165) is 24.4 Å². The maximum Gasteiger partial charge on any atom is 0.219 e. The molecule has 28 heavy (non-hydrogen) atoms. The van der Waals surface area contributed by atoms with E-state index in [1.54, 1.807) is 7.11 Å². The van der Waals surface area contributed by atoms with Crippen LogP contribution in [0.2, 0.25) is 0 Å². The van der Waals surface area contributed by atoms with Crippen LogP contribution < -0.4 is 10.5 Å². The van der Waals surface area contributed by atoms with Crippen molar-refractivity contribution in [3.05, 3.63) is 65.9 Å². The minimum atomic E-state index is -0.268. The molecule has 1 heterocycles. The van der Waals surface area contributed by atoms with E-state index < -0.39 is 0 Å². The summed E-state index contributed by atoms with van der Waals surface area (Å²) in [6.45, 7) is 2.37. The van der Waals surface area contributed by atoms with E-state index in [-0.39, 0.29) is 5.91 Å². The molecule has 0 spiro atoms. The zero-order valence-corrected chi connectivity index (χ0v) is 16.3. The predicted octanol–water partition coefficient (Wildman–Crippen LogP) is 3.69. The normalized spacial score (nSPS) is 13.9. The van der Waals surface area contributed by atoms with Crippen LogP contribution in [0.3, 0.4) is 0 Å². The van der Waals surface area contributed by atoms with E-state index in [4.69, 9.17) is 10.5 Å². The standard InChI is InChI=1S/C23H27N3O2/c1-28-22-9-5-2-6-17(22)14-26(19-10-11-19)16-18-15-25(13-12-23(24)27)21-8-4-3-7-20(18)21/h2-9,15,19H,10-14,16H2,1H3,(H2,24,27). The first kappa shape index (κ1) is 18.6. The van der Waals surface area contributed by atoms with Gasteiger partial charge in [0.15, 0.2) is 0 Å². The number of hydrogen-bond acceptors (Lipinski definition) is 3. The molecule has 0 unspecified atom stereocenters. The van der Waals surface area contributed by atoms with E-state index in [0.29, 0.717) is 19.0 Å². The lowest BCUT2D eigenvalue weighted by Crippen LogP contribution is -2.25. The van der Waals surface area contributed by atoms with Crippen LogP contribution in [0.5, 0.6) is 5.75 Å². The highest BCUT2D eigenvalue weighted by molar-refractivity contribution is 5.84. The maximum absolute atomic E-state index is 11.2. The molecule has 2 N–H and O–H groups in total.